The average molecular weight is 223 g/mol. The molecular weight excluding hydrogens is 210 g/mol. The van der Waals surface area contributed by atoms with Gasteiger partial charge in [-0.15, -0.1) is 0 Å². The van der Waals surface area contributed by atoms with Crippen LogP contribution in [0.4, 0.5) is 4.79 Å². The highest BCUT2D eigenvalue weighted by Crippen LogP contribution is 2.20. The van der Waals surface area contributed by atoms with Crippen molar-refractivity contribution in [1.82, 2.24) is 0 Å². The molecule has 1 aromatic rings. The maximum atomic E-state index is 10.5. The highest BCUT2D eigenvalue weighted by atomic mass is 16.5. The third kappa shape index (κ3) is 2.88. The number of ether oxygens (including phenoxy) is 2. The Morgan fingerprint density at radius 2 is 2.12 bits per heavy atom. The standard InChI is InChI=1S/C10H13N3O3/c1-15-8-4-6(9(11)12)2-3-7(8)5-16-10(13)14/h2-4H,5H2,1H3,(H3,11,12)(H2,13,14). The molecule has 0 radical (unpaired) electrons. The van der Waals surface area contributed by atoms with Crippen molar-refractivity contribution in [1.29, 1.82) is 5.41 Å². The van der Waals surface area contributed by atoms with E-state index >= 15 is 0 Å². The number of nitrogens with two attached hydrogens (primary N) is 2. The van der Waals surface area contributed by atoms with Gasteiger partial charge in [0, 0.05) is 11.1 Å². The third-order valence-corrected chi connectivity index (χ3v) is 1.97. The van der Waals surface area contributed by atoms with Crippen LogP contribution in [0.3, 0.4) is 0 Å². The Bertz CT molecular complexity index is 418. The first-order valence-corrected chi connectivity index (χ1v) is 4.48. The fourth-order valence-electron chi connectivity index (χ4n) is 1.18. The van der Waals surface area contributed by atoms with Crippen molar-refractivity contribution in [2.45, 2.75) is 6.61 Å². The van der Waals surface area contributed by atoms with Crippen molar-refractivity contribution in [3.05, 3.63) is 29.3 Å². The summed E-state index contributed by atoms with van der Waals surface area (Å²) in [6.45, 7) is 0.0245. The SMILES string of the molecule is COc1cc(C(=N)N)ccc1COC(N)=O. The first kappa shape index (κ1) is 11.8. The molecule has 5 N–H and O–H groups in total. The molecule has 0 saturated carbocycles. The second-order valence-electron chi connectivity index (χ2n) is 3.05. The van der Waals surface area contributed by atoms with E-state index in [2.05, 4.69) is 4.74 Å². The summed E-state index contributed by atoms with van der Waals surface area (Å²) in [5.41, 5.74) is 11.4. The molecule has 6 nitrogen and oxygen atoms in total. The molecule has 1 rings (SSSR count). The normalized spacial score (nSPS) is 9.56. The summed E-state index contributed by atoms with van der Waals surface area (Å²) in [6, 6.07) is 4.91. The highest BCUT2D eigenvalue weighted by molar-refractivity contribution is 5.95. The van der Waals surface area contributed by atoms with Gasteiger partial charge < -0.3 is 20.9 Å². The minimum Gasteiger partial charge on any atom is -0.496 e. The summed E-state index contributed by atoms with van der Waals surface area (Å²) in [5, 5.41) is 7.26. The lowest BCUT2D eigenvalue weighted by atomic mass is 10.1. The van der Waals surface area contributed by atoms with Crippen LogP contribution >= 0.6 is 0 Å². The molecule has 0 aromatic heterocycles. The molecule has 16 heavy (non-hydrogen) atoms. The molecule has 0 fully saturated rings. The first-order valence-electron chi connectivity index (χ1n) is 4.48. The van der Waals surface area contributed by atoms with Crippen LogP contribution in [0.5, 0.6) is 5.75 Å². The van der Waals surface area contributed by atoms with Crippen LogP contribution in [0.15, 0.2) is 18.2 Å². The molecule has 0 atom stereocenters. The number of nitrogens with one attached hydrogen (secondary N) is 1. The second kappa shape index (κ2) is 5.01. The Morgan fingerprint density at radius 3 is 2.62 bits per heavy atom. The molecular formula is C10H13N3O3. The summed E-state index contributed by atoms with van der Waals surface area (Å²) in [7, 11) is 1.48. The Labute approximate surface area is 92.6 Å². The molecule has 0 heterocycles. The Morgan fingerprint density at radius 1 is 1.44 bits per heavy atom. The van der Waals surface area contributed by atoms with Crippen LogP contribution in [0.2, 0.25) is 0 Å². The van der Waals surface area contributed by atoms with E-state index in [1.165, 1.54) is 7.11 Å². The summed E-state index contributed by atoms with van der Waals surface area (Å²) in [6.07, 6.45) is -0.849. The van der Waals surface area contributed by atoms with E-state index in [0.717, 1.165) is 0 Å². The molecule has 0 aliphatic rings. The maximum absolute atomic E-state index is 10.5. The van der Waals surface area contributed by atoms with Gasteiger partial charge in [0.05, 0.1) is 7.11 Å². The number of primary amides is 1. The van der Waals surface area contributed by atoms with Gasteiger partial charge in [0.1, 0.15) is 18.2 Å². The number of carbonyl (C=O) groups excluding carboxylic acids is 1. The fraction of sp³-hybridized carbons (Fsp3) is 0.200. The van der Waals surface area contributed by atoms with E-state index in [0.29, 0.717) is 16.9 Å². The fourth-order valence-corrected chi connectivity index (χ4v) is 1.18. The van der Waals surface area contributed by atoms with E-state index in [1.54, 1.807) is 18.2 Å². The van der Waals surface area contributed by atoms with E-state index < -0.39 is 6.09 Å². The Balaban J connectivity index is 2.93. The van der Waals surface area contributed by atoms with Gasteiger partial charge in [0.15, 0.2) is 0 Å². The van der Waals surface area contributed by atoms with E-state index in [4.69, 9.17) is 21.6 Å². The number of amidine groups is 1. The monoisotopic (exact) mass is 223 g/mol. The van der Waals surface area contributed by atoms with E-state index in [9.17, 15) is 4.79 Å². The number of amides is 1. The quantitative estimate of drug-likeness (QED) is 0.511. The van der Waals surface area contributed by atoms with Gasteiger partial charge in [0.25, 0.3) is 0 Å². The number of rotatable bonds is 4. The van der Waals surface area contributed by atoms with Crippen molar-refractivity contribution >= 4 is 11.9 Å². The summed E-state index contributed by atoms with van der Waals surface area (Å²) in [4.78, 5) is 10.5. The lowest BCUT2D eigenvalue weighted by molar-refractivity contribution is 0.149. The minimum absolute atomic E-state index is 0.0245. The topological polar surface area (TPSA) is 111 Å². The van der Waals surface area contributed by atoms with Gasteiger partial charge in [-0.25, -0.2) is 4.79 Å². The average Bonchev–Trinajstić information content (AvgIpc) is 2.25. The van der Waals surface area contributed by atoms with Gasteiger partial charge in [-0.1, -0.05) is 12.1 Å². The lowest BCUT2D eigenvalue weighted by Gasteiger charge is -2.09. The van der Waals surface area contributed by atoms with Crippen LogP contribution < -0.4 is 16.2 Å². The molecule has 0 spiro atoms. The number of benzene rings is 1. The summed E-state index contributed by atoms with van der Waals surface area (Å²) in [5.74, 6) is 0.439. The molecule has 0 bridgehead atoms. The highest BCUT2D eigenvalue weighted by Gasteiger charge is 2.07. The van der Waals surface area contributed by atoms with Gasteiger partial charge >= 0.3 is 6.09 Å². The number of hydrogen-bond donors (Lipinski definition) is 3. The number of methoxy groups -OCH3 is 1. The van der Waals surface area contributed by atoms with E-state index in [1.807, 2.05) is 0 Å². The largest absolute Gasteiger partial charge is 0.496 e. The van der Waals surface area contributed by atoms with Crippen molar-refractivity contribution in [3.63, 3.8) is 0 Å². The molecule has 1 aromatic carbocycles. The minimum atomic E-state index is -0.849. The Hall–Kier alpha value is -2.24. The van der Waals surface area contributed by atoms with Crippen molar-refractivity contribution in [2.24, 2.45) is 11.5 Å². The van der Waals surface area contributed by atoms with Crippen LogP contribution in [0.1, 0.15) is 11.1 Å². The molecule has 6 heteroatoms. The van der Waals surface area contributed by atoms with Crippen LogP contribution in [-0.4, -0.2) is 19.0 Å². The molecule has 86 valence electrons. The first-order chi connectivity index (χ1) is 7.54. The summed E-state index contributed by atoms with van der Waals surface area (Å²) < 4.78 is 9.73. The molecule has 0 saturated heterocycles. The maximum Gasteiger partial charge on any atom is 0.404 e. The van der Waals surface area contributed by atoms with Crippen molar-refractivity contribution in [3.8, 4) is 5.75 Å². The number of carbonyl (C=O) groups is 1. The zero-order chi connectivity index (χ0) is 12.1. The van der Waals surface area contributed by atoms with Gasteiger partial charge in [-0.05, 0) is 6.07 Å². The smallest absolute Gasteiger partial charge is 0.404 e. The number of hydrogen-bond acceptors (Lipinski definition) is 4. The lowest BCUT2D eigenvalue weighted by Crippen LogP contribution is -2.14. The van der Waals surface area contributed by atoms with E-state index in [-0.39, 0.29) is 12.4 Å². The van der Waals surface area contributed by atoms with Crippen molar-refractivity contribution in [2.75, 3.05) is 7.11 Å². The second-order valence-corrected chi connectivity index (χ2v) is 3.05. The molecule has 0 unspecified atom stereocenters. The van der Waals surface area contributed by atoms with Crippen molar-refractivity contribution < 1.29 is 14.3 Å². The molecule has 0 aliphatic heterocycles. The van der Waals surface area contributed by atoms with Gasteiger partial charge in [-0.3, -0.25) is 5.41 Å². The molecule has 0 aliphatic carbocycles. The zero-order valence-corrected chi connectivity index (χ0v) is 8.82. The third-order valence-electron chi connectivity index (χ3n) is 1.97. The van der Waals surface area contributed by atoms with Crippen LogP contribution in [0.25, 0.3) is 0 Å². The predicted molar refractivity (Wildman–Crippen MR) is 58.4 cm³/mol. The van der Waals surface area contributed by atoms with Crippen LogP contribution in [-0.2, 0) is 11.3 Å². The zero-order valence-electron chi connectivity index (χ0n) is 8.82. The summed E-state index contributed by atoms with van der Waals surface area (Å²) >= 11 is 0. The predicted octanol–water partition coefficient (Wildman–Crippen LogP) is 0.575. The van der Waals surface area contributed by atoms with Crippen LogP contribution in [0, 0.1) is 5.41 Å². The van der Waals surface area contributed by atoms with Gasteiger partial charge in [0.2, 0.25) is 0 Å². The van der Waals surface area contributed by atoms with Gasteiger partial charge in [-0.2, -0.15) is 0 Å². The molecule has 1 amide bonds. The Kier molecular flexibility index (Phi) is 3.71. The number of nitrogen functional groups attached to an aromatic ring is 1.